The van der Waals surface area contributed by atoms with Crippen molar-refractivity contribution in [3.63, 3.8) is 0 Å². The predicted octanol–water partition coefficient (Wildman–Crippen LogP) is 4.22. The van der Waals surface area contributed by atoms with Crippen LogP contribution < -0.4 is 5.32 Å². The zero-order valence-corrected chi connectivity index (χ0v) is 16.5. The van der Waals surface area contributed by atoms with Crippen LogP contribution >= 0.6 is 31.9 Å². The van der Waals surface area contributed by atoms with E-state index in [2.05, 4.69) is 37.2 Å². The Morgan fingerprint density at radius 3 is 2.50 bits per heavy atom. The molecule has 136 valence electrons. The lowest BCUT2D eigenvalue weighted by Gasteiger charge is -2.09. The van der Waals surface area contributed by atoms with Crippen molar-refractivity contribution in [2.24, 2.45) is 0 Å². The zero-order valence-electron chi connectivity index (χ0n) is 13.3. The fourth-order valence-electron chi connectivity index (χ4n) is 1.84. The molecule has 1 aromatic heterocycles. The lowest BCUT2D eigenvalue weighted by atomic mass is 10.3. The second kappa shape index (κ2) is 8.77. The molecule has 0 fully saturated rings. The van der Waals surface area contributed by atoms with Gasteiger partial charge in [-0.3, -0.25) is 14.9 Å². The Balaban J connectivity index is 1.91. The van der Waals surface area contributed by atoms with Gasteiger partial charge in [0.1, 0.15) is 11.5 Å². The van der Waals surface area contributed by atoms with Crippen molar-refractivity contribution in [1.29, 1.82) is 0 Å². The molecule has 10 heteroatoms. The van der Waals surface area contributed by atoms with Gasteiger partial charge in [0.15, 0.2) is 6.61 Å². The number of carbonyl (C=O) groups is 2. The molecule has 0 aliphatic carbocycles. The molecule has 1 aromatic carbocycles. The predicted molar refractivity (Wildman–Crippen MR) is 101 cm³/mol. The number of rotatable bonds is 6. The number of nitrogens with one attached hydrogen (secondary N) is 1. The average Bonchev–Trinajstić information content (AvgIpc) is 2.99. The SMILES string of the molecule is Cc1ccc(/C=C/C(=O)OCC(=O)Nc2c(Br)cc([N+](=O)[O-])cc2Br)o1. The molecular formula is C16H12Br2N2O6. The van der Waals surface area contributed by atoms with Gasteiger partial charge in [0, 0.05) is 27.2 Å². The van der Waals surface area contributed by atoms with E-state index in [1.807, 2.05) is 0 Å². The zero-order chi connectivity index (χ0) is 19.3. The average molecular weight is 488 g/mol. The lowest BCUT2D eigenvalue weighted by molar-refractivity contribution is -0.385. The second-order valence-corrected chi connectivity index (χ2v) is 6.69. The van der Waals surface area contributed by atoms with Gasteiger partial charge < -0.3 is 14.5 Å². The number of halogens is 2. The number of hydrogen-bond donors (Lipinski definition) is 1. The van der Waals surface area contributed by atoms with E-state index in [0.29, 0.717) is 26.2 Å². The van der Waals surface area contributed by atoms with Crippen molar-refractivity contribution in [3.8, 4) is 0 Å². The molecule has 0 aliphatic rings. The number of nitro benzene ring substituents is 1. The Labute approximate surface area is 164 Å². The Bertz CT molecular complexity index is 868. The monoisotopic (exact) mass is 486 g/mol. The molecule has 2 rings (SSSR count). The molecule has 0 atom stereocenters. The highest BCUT2D eigenvalue weighted by Crippen LogP contribution is 2.35. The molecule has 0 saturated heterocycles. The Morgan fingerprint density at radius 1 is 1.31 bits per heavy atom. The third-order valence-electron chi connectivity index (χ3n) is 2.99. The topological polar surface area (TPSA) is 112 Å². The van der Waals surface area contributed by atoms with Crippen molar-refractivity contribution in [1.82, 2.24) is 0 Å². The van der Waals surface area contributed by atoms with Crippen LogP contribution in [0.4, 0.5) is 11.4 Å². The molecule has 1 amide bonds. The molecule has 0 saturated carbocycles. The maximum Gasteiger partial charge on any atom is 0.331 e. The maximum absolute atomic E-state index is 11.9. The van der Waals surface area contributed by atoms with Crippen molar-refractivity contribution in [3.05, 3.63) is 60.9 Å². The molecule has 1 heterocycles. The summed E-state index contributed by atoms with van der Waals surface area (Å²) in [6, 6.07) is 5.94. The summed E-state index contributed by atoms with van der Waals surface area (Å²) in [5.74, 6) is -0.119. The highest BCUT2D eigenvalue weighted by molar-refractivity contribution is 9.11. The van der Waals surface area contributed by atoms with E-state index < -0.39 is 23.4 Å². The minimum Gasteiger partial charge on any atom is -0.462 e. The molecule has 26 heavy (non-hydrogen) atoms. The smallest absolute Gasteiger partial charge is 0.331 e. The number of nitro groups is 1. The van der Waals surface area contributed by atoms with Crippen LogP contribution in [0.1, 0.15) is 11.5 Å². The first-order chi connectivity index (χ1) is 12.3. The van der Waals surface area contributed by atoms with Crippen molar-refractivity contribution >= 4 is 61.2 Å². The molecule has 1 N–H and O–H groups in total. The minimum absolute atomic E-state index is 0.147. The summed E-state index contributed by atoms with van der Waals surface area (Å²) in [5.41, 5.74) is 0.143. The Kier molecular flexibility index (Phi) is 6.70. The molecule has 2 aromatic rings. The summed E-state index contributed by atoms with van der Waals surface area (Å²) < 4.78 is 10.7. The van der Waals surface area contributed by atoms with Crippen LogP contribution in [0.25, 0.3) is 6.08 Å². The van der Waals surface area contributed by atoms with Crippen molar-refractivity contribution in [2.45, 2.75) is 6.92 Å². The van der Waals surface area contributed by atoms with Crippen LogP contribution in [-0.4, -0.2) is 23.4 Å². The Morgan fingerprint density at radius 2 is 1.96 bits per heavy atom. The number of esters is 1. The van der Waals surface area contributed by atoms with Crippen LogP contribution in [0.5, 0.6) is 0 Å². The highest BCUT2D eigenvalue weighted by atomic mass is 79.9. The molecule has 8 nitrogen and oxygen atoms in total. The summed E-state index contributed by atoms with van der Waals surface area (Å²) in [7, 11) is 0. The van der Waals surface area contributed by atoms with Gasteiger partial charge in [-0.05, 0) is 57.0 Å². The number of aryl methyl sites for hydroxylation is 1. The van der Waals surface area contributed by atoms with Crippen LogP contribution in [0.15, 0.2) is 43.7 Å². The number of benzene rings is 1. The molecule has 0 radical (unpaired) electrons. The standard InChI is InChI=1S/C16H12Br2N2O6/c1-9-2-3-11(26-9)4-5-15(22)25-8-14(21)19-16-12(17)6-10(20(23)24)7-13(16)18/h2-7H,8H2,1H3,(H,19,21)/b5-4+. The molecule has 0 aliphatic heterocycles. The third-order valence-corrected chi connectivity index (χ3v) is 4.24. The number of furan rings is 1. The maximum atomic E-state index is 11.9. The van der Waals surface area contributed by atoms with Crippen LogP contribution in [0, 0.1) is 17.0 Å². The van der Waals surface area contributed by atoms with Gasteiger partial charge in [-0.15, -0.1) is 0 Å². The van der Waals surface area contributed by atoms with Crippen LogP contribution in [0.2, 0.25) is 0 Å². The Hall–Kier alpha value is -2.46. The summed E-state index contributed by atoms with van der Waals surface area (Å²) in [5, 5.41) is 13.3. The van der Waals surface area contributed by atoms with E-state index in [1.165, 1.54) is 18.2 Å². The van der Waals surface area contributed by atoms with E-state index in [0.717, 1.165) is 6.08 Å². The van der Waals surface area contributed by atoms with E-state index in [-0.39, 0.29) is 5.69 Å². The number of non-ortho nitro benzene ring substituents is 1. The fourth-order valence-corrected chi connectivity index (χ4v) is 3.20. The second-order valence-electron chi connectivity index (χ2n) is 4.98. The number of hydrogen-bond acceptors (Lipinski definition) is 6. The van der Waals surface area contributed by atoms with Crippen LogP contribution in [-0.2, 0) is 14.3 Å². The van der Waals surface area contributed by atoms with E-state index in [4.69, 9.17) is 9.15 Å². The number of carbonyl (C=O) groups excluding carboxylic acids is 2. The lowest BCUT2D eigenvalue weighted by Crippen LogP contribution is -2.20. The normalized spacial score (nSPS) is 10.7. The first-order valence-electron chi connectivity index (χ1n) is 7.11. The summed E-state index contributed by atoms with van der Waals surface area (Å²) >= 11 is 6.30. The molecule has 0 spiro atoms. The number of nitrogens with zero attached hydrogens (tertiary/aromatic N) is 1. The molecule has 0 bridgehead atoms. The number of anilines is 1. The van der Waals surface area contributed by atoms with Gasteiger partial charge in [0.25, 0.3) is 11.6 Å². The largest absolute Gasteiger partial charge is 0.462 e. The fraction of sp³-hybridized carbons (Fsp3) is 0.125. The summed E-state index contributed by atoms with van der Waals surface area (Å²) in [6.45, 7) is 1.25. The van der Waals surface area contributed by atoms with Gasteiger partial charge >= 0.3 is 5.97 Å². The van der Waals surface area contributed by atoms with Crippen molar-refractivity contribution < 1.29 is 23.7 Å². The van der Waals surface area contributed by atoms with Gasteiger partial charge in [-0.1, -0.05) is 0 Å². The summed E-state index contributed by atoms with van der Waals surface area (Å²) in [4.78, 5) is 33.7. The quantitative estimate of drug-likeness (QED) is 0.282. The van der Waals surface area contributed by atoms with Gasteiger partial charge in [0.05, 0.1) is 10.6 Å². The van der Waals surface area contributed by atoms with Gasteiger partial charge in [-0.25, -0.2) is 4.79 Å². The van der Waals surface area contributed by atoms with Gasteiger partial charge in [-0.2, -0.15) is 0 Å². The summed E-state index contributed by atoms with van der Waals surface area (Å²) in [6.07, 6.45) is 2.57. The highest BCUT2D eigenvalue weighted by Gasteiger charge is 2.16. The van der Waals surface area contributed by atoms with E-state index in [1.54, 1.807) is 19.1 Å². The van der Waals surface area contributed by atoms with Gasteiger partial charge in [0.2, 0.25) is 0 Å². The van der Waals surface area contributed by atoms with Crippen LogP contribution in [0.3, 0.4) is 0 Å². The molecular weight excluding hydrogens is 476 g/mol. The van der Waals surface area contributed by atoms with Crippen molar-refractivity contribution in [2.75, 3.05) is 11.9 Å². The first-order valence-corrected chi connectivity index (χ1v) is 8.69. The minimum atomic E-state index is -0.712. The molecule has 0 unspecified atom stereocenters. The van der Waals surface area contributed by atoms with E-state index in [9.17, 15) is 19.7 Å². The number of amides is 1. The third kappa shape index (κ3) is 5.53. The van der Waals surface area contributed by atoms with E-state index >= 15 is 0 Å². The first kappa shape index (κ1) is 19.9. The number of ether oxygens (including phenoxy) is 1.